The minimum atomic E-state index is 0. The van der Waals surface area contributed by atoms with Crippen LogP contribution >= 0.6 is 24.0 Å². The number of hydrogen-bond donors (Lipinski definition) is 1. The van der Waals surface area contributed by atoms with Gasteiger partial charge < -0.3 is 15.5 Å². The molecule has 152 valence electrons. The highest BCUT2D eigenvalue weighted by atomic mass is 127. The maximum Gasteiger partial charge on any atom is 0.191 e. The van der Waals surface area contributed by atoms with E-state index in [-0.39, 0.29) is 24.0 Å². The van der Waals surface area contributed by atoms with Crippen LogP contribution in [-0.2, 0) is 0 Å². The van der Waals surface area contributed by atoms with Crippen LogP contribution in [-0.4, -0.2) is 68.1 Å². The Morgan fingerprint density at radius 3 is 2.44 bits per heavy atom. The van der Waals surface area contributed by atoms with E-state index in [1.165, 1.54) is 43.5 Å². The number of unbranched alkanes of at least 4 members (excludes halogenated alkanes) is 1. The topological polar surface area (TPSA) is 48.1 Å². The van der Waals surface area contributed by atoms with Crippen molar-refractivity contribution in [3.63, 3.8) is 0 Å². The number of aryl methyl sites for hydroxylation is 1. The summed E-state index contributed by atoms with van der Waals surface area (Å²) in [6.07, 6.45) is 6.18. The second-order valence-corrected chi connectivity index (χ2v) is 7.66. The van der Waals surface area contributed by atoms with E-state index in [2.05, 4.69) is 50.9 Å². The van der Waals surface area contributed by atoms with Crippen LogP contribution in [0.3, 0.4) is 0 Å². The van der Waals surface area contributed by atoms with Gasteiger partial charge in [0.05, 0.1) is 0 Å². The number of piperidine rings is 1. The third-order valence-electron chi connectivity index (χ3n) is 5.58. The number of anilines is 1. The number of nitrogens with two attached hydrogens (primary N) is 1. The van der Waals surface area contributed by atoms with Gasteiger partial charge in [-0.3, -0.25) is 9.89 Å². The molecule has 0 atom stereocenters. The van der Waals surface area contributed by atoms with Crippen molar-refractivity contribution >= 4 is 35.6 Å². The standard InChI is InChI=1S/C21H35N5.HI/c1-19-8-7-9-20(18-19)25-16-14-24(15-17-25)11-6-3-10-23-21(22)26-12-4-2-5-13-26;/h7-9,18H,2-6,10-17H2,1H3,(H2,22,23);1H. The Labute approximate surface area is 182 Å². The summed E-state index contributed by atoms with van der Waals surface area (Å²) in [7, 11) is 0. The molecule has 0 saturated carbocycles. The summed E-state index contributed by atoms with van der Waals surface area (Å²) in [5.41, 5.74) is 8.82. The van der Waals surface area contributed by atoms with Gasteiger partial charge in [0.25, 0.3) is 0 Å². The Balaban J connectivity index is 0.00000261. The zero-order valence-corrected chi connectivity index (χ0v) is 19.1. The van der Waals surface area contributed by atoms with Crippen LogP contribution in [0.25, 0.3) is 0 Å². The van der Waals surface area contributed by atoms with Crippen molar-refractivity contribution in [2.24, 2.45) is 10.7 Å². The molecular formula is C21H36IN5. The summed E-state index contributed by atoms with van der Waals surface area (Å²) in [4.78, 5) is 11.9. The average molecular weight is 485 g/mol. The number of rotatable bonds is 6. The number of likely N-dealkylation sites (tertiary alicyclic amines) is 1. The second kappa shape index (κ2) is 11.7. The van der Waals surface area contributed by atoms with Gasteiger partial charge >= 0.3 is 0 Å². The van der Waals surface area contributed by atoms with E-state index in [1.54, 1.807) is 0 Å². The van der Waals surface area contributed by atoms with Crippen molar-refractivity contribution in [1.82, 2.24) is 9.80 Å². The molecule has 5 nitrogen and oxygen atoms in total. The Morgan fingerprint density at radius 2 is 1.74 bits per heavy atom. The number of nitrogens with zero attached hydrogens (tertiary/aromatic N) is 4. The van der Waals surface area contributed by atoms with Crippen LogP contribution in [0, 0.1) is 6.92 Å². The fourth-order valence-electron chi connectivity index (χ4n) is 3.92. The zero-order chi connectivity index (χ0) is 18.2. The van der Waals surface area contributed by atoms with Gasteiger partial charge in [0.15, 0.2) is 5.96 Å². The van der Waals surface area contributed by atoms with Gasteiger partial charge in [0.1, 0.15) is 0 Å². The summed E-state index contributed by atoms with van der Waals surface area (Å²) in [6, 6.07) is 8.85. The highest BCUT2D eigenvalue weighted by molar-refractivity contribution is 14.0. The lowest BCUT2D eigenvalue weighted by Gasteiger charge is -2.36. The first kappa shape index (κ1) is 22.3. The van der Waals surface area contributed by atoms with Crippen LogP contribution in [0.1, 0.15) is 37.7 Å². The quantitative estimate of drug-likeness (QED) is 0.291. The fourth-order valence-corrected chi connectivity index (χ4v) is 3.92. The minimum Gasteiger partial charge on any atom is -0.370 e. The van der Waals surface area contributed by atoms with Gasteiger partial charge in [0.2, 0.25) is 0 Å². The molecule has 2 N–H and O–H groups in total. The number of benzene rings is 1. The molecule has 2 aliphatic rings. The lowest BCUT2D eigenvalue weighted by Crippen LogP contribution is -2.46. The number of aliphatic imine (C=N–C) groups is 1. The first-order valence-electron chi connectivity index (χ1n) is 10.3. The van der Waals surface area contributed by atoms with Crippen molar-refractivity contribution < 1.29 is 0 Å². The third-order valence-corrected chi connectivity index (χ3v) is 5.58. The Kier molecular flexibility index (Phi) is 9.68. The molecule has 1 aromatic carbocycles. The highest BCUT2D eigenvalue weighted by Crippen LogP contribution is 2.18. The monoisotopic (exact) mass is 485 g/mol. The van der Waals surface area contributed by atoms with Gasteiger partial charge in [0, 0.05) is 51.5 Å². The van der Waals surface area contributed by atoms with E-state index in [4.69, 9.17) is 5.73 Å². The molecule has 2 saturated heterocycles. The van der Waals surface area contributed by atoms with E-state index in [9.17, 15) is 0 Å². The summed E-state index contributed by atoms with van der Waals surface area (Å²) in [5, 5.41) is 0. The molecule has 1 aromatic rings. The van der Waals surface area contributed by atoms with Gasteiger partial charge in [-0.15, -0.1) is 24.0 Å². The van der Waals surface area contributed by atoms with E-state index >= 15 is 0 Å². The first-order chi connectivity index (χ1) is 12.7. The Hall–Kier alpha value is -1.02. The fraction of sp³-hybridized carbons (Fsp3) is 0.667. The molecular weight excluding hydrogens is 449 g/mol. The van der Waals surface area contributed by atoms with Crippen molar-refractivity contribution in [2.45, 2.75) is 39.0 Å². The van der Waals surface area contributed by atoms with Crippen LogP contribution in [0.4, 0.5) is 5.69 Å². The molecule has 0 spiro atoms. The maximum atomic E-state index is 6.11. The van der Waals surface area contributed by atoms with Gasteiger partial charge in [-0.2, -0.15) is 0 Å². The molecule has 27 heavy (non-hydrogen) atoms. The normalized spacial score (nSPS) is 19.1. The average Bonchev–Trinajstić information content (AvgIpc) is 2.69. The molecule has 0 radical (unpaired) electrons. The molecule has 3 rings (SSSR count). The van der Waals surface area contributed by atoms with Crippen LogP contribution in [0.15, 0.2) is 29.3 Å². The molecule has 6 heteroatoms. The van der Waals surface area contributed by atoms with Crippen LogP contribution in [0.5, 0.6) is 0 Å². The summed E-state index contributed by atoms with van der Waals surface area (Å²) < 4.78 is 0. The predicted molar refractivity (Wildman–Crippen MR) is 126 cm³/mol. The molecule has 0 aromatic heterocycles. The molecule has 0 aliphatic carbocycles. The molecule has 2 heterocycles. The van der Waals surface area contributed by atoms with Crippen molar-refractivity contribution in [1.29, 1.82) is 0 Å². The zero-order valence-electron chi connectivity index (χ0n) is 16.8. The lowest BCUT2D eigenvalue weighted by molar-refractivity contribution is 0.253. The van der Waals surface area contributed by atoms with E-state index in [0.717, 1.165) is 58.2 Å². The van der Waals surface area contributed by atoms with Gasteiger partial charge in [-0.05, 0) is 63.3 Å². The maximum absolute atomic E-state index is 6.11. The summed E-state index contributed by atoms with van der Waals surface area (Å²) >= 11 is 0. The Morgan fingerprint density at radius 1 is 1.00 bits per heavy atom. The molecule has 0 bridgehead atoms. The van der Waals surface area contributed by atoms with Gasteiger partial charge in [-0.25, -0.2) is 0 Å². The van der Waals surface area contributed by atoms with Crippen molar-refractivity contribution in [3.05, 3.63) is 29.8 Å². The molecule has 0 unspecified atom stereocenters. The van der Waals surface area contributed by atoms with Crippen molar-refractivity contribution in [3.8, 4) is 0 Å². The van der Waals surface area contributed by atoms with Crippen molar-refractivity contribution in [2.75, 3.05) is 57.3 Å². The van der Waals surface area contributed by atoms with Gasteiger partial charge in [-0.1, -0.05) is 12.1 Å². The lowest BCUT2D eigenvalue weighted by atomic mass is 10.1. The molecule has 0 amide bonds. The number of halogens is 1. The smallest absolute Gasteiger partial charge is 0.191 e. The largest absolute Gasteiger partial charge is 0.370 e. The van der Waals surface area contributed by atoms with Crippen LogP contribution < -0.4 is 10.6 Å². The van der Waals surface area contributed by atoms with Crippen LogP contribution in [0.2, 0.25) is 0 Å². The number of hydrogen-bond acceptors (Lipinski definition) is 3. The minimum absolute atomic E-state index is 0. The molecule has 2 aliphatic heterocycles. The third kappa shape index (κ3) is 7.14. The van der Waals surface area contributed by atoms with E-state index in [0.29, 0.717) is 0 Å². The first-order valence-corrected chi connectivity index (χ1v) is 10.3. The number of piperazine rings is 1. The molecule has 2 fully saturated rings. The van der Waals surface area contributed by atoms with E-state index < -0.39 is 0 Å². The summed E-state index contributed by atoms with van der Waals surface area (Å²) in [6.45, 7) is 11.0. The predicted octanol–water partition coefficient (Wildman–Crippen LogP) is 3.32. The van der Waals surface area contributed by atoms with E-state index in [1.807, 2.05) is 0 Å². The highest BCUT2D eigenvalue weighted by Gasteiger charge is 2.16. The number of guanidine groups is 1. The summed E-state index contributed by atoms with van der Waals surface area (Å²) in [5.74, 6) is 0.761. The Bertz CT molecular complexity index is 578. The second-order valence-electron chi connectivity index (χ2n) is 7.66. The SMILES string of the molecule is Cc1cccc(N2CCN(CCCCN=C(N)N3CCCCC3)CC2)c1.I.